The zero-order valence-electron chi connectivity index (χ0n) is 14.4. The quantitative estimate of drug-likeness (QED) is 0.840. The van der Waals surface area contributed by atoms with E-state index in [0.29, 0.717) is 12.2 Å². The predicted octanol–water partition coefficient (Wildman–Crippen LogP) is 3.23. The Morgan fingerprint density at radius 3 is 2.32 bits per heavy atom. The molecule has 0 spiro atoms. The smallest absolute Gasteiger partial charge is 0.313 e. The number of hydrogen-bond acceptors (Lipinski definition) is 2. The van der Waals surface area contributed by atoms with Gasteiger partial charge in [0.2, 0.25) is 0 Å². The lowest BCUT2D eigenvalue weighted by atomic mass is 9.96. The van der Waals surface area contributed by atoms with Crippen LogP contribution >= 0.6 is 0 Å². The van der Waals surface area contributed by atoms with Crippen molar-refractivity contribution in [2.45, 2.75) is 32.1 Å². The highest BCUT2D eigenvalue weighted by atomic mass is 19.1. The largest absolute Gasteiger partial charge is 0.347 e. The van der Waals surface area contributed by atoms with Crippen LogP contribution < -0.4 is 10.6 Å². The molecule has 0 aliphatic heterocycles. The summed E-state index contributed by atoms with van der Waals surface area (Å²) in [6.45, 7) is 4.22. The number of anilines is 1. The second-order valence-corrected chi connectivity index (χ2v) is 6.74. The van der Waals surface area contributed by atoms with E-state index >= 15 is 0 Å². The summed E-state index contributed by atoms with van der Waals surface area (Å²) in [5.74, 6) is -1.62. The Morgan fingerprint density at radius 1 is 1.04 bits per heavy atom. The summed E-state index contributed by atoms with van der Waals surface area (Å²) in [6.07, 6.45) is 1.83. The number of carbonyl (C=O) groups is 2. The lowest BCUT2D eigenvalue weighted by Gasteiger charge is -2.16. The van der Waals surface area contributed by atoms with Crippen LogP contribution in [0.25, 0.3) is 0 Å². The molecule has 4 nitrogen and oxygen atoms in total. The van der Waals surface area contributed by atoms with E-state index in [0.717, 1.165) is 29.5 Å². The first kappa shape index (κ1) is 17.1. The molecule has 0 aromatic heterocycles. The Labute approximate surface area is 146 Å². The van der Waals surface area contributed by atoms with Crippen LogP contribution in [0.3, 0.4) is 0 Å². The van der Waals surface area contributed by atoms with Gasteiger partial charge in [-0.3, -0.25) is 9.59 Å². The number of halogens is 1. The van der Waals surface area contributed by atoms with E-state index in [-0.39, 0.29) is 11.2 Å². The molecule has 1 aliphatic carbocycles. The third kappa shape index (κ3) is 3.87. The highest BCUT2D eigenvalue weighted by molar-refractivity contribution is 6.39. The minimum absolute atomic E-state index is 0.177. The molecule has 1 saturated carbocycles. The fourth-order valence-corrected chi connectivity index (χ4v) is 2.98. The van der Waals surface area contributed by atoms with Crippen LogP contribution in [-0.4, -0.2) is 18.4 Å². The average molecular weight is 340 g/mol. The van der Waals surface area contributed by atoms with Gasteiger partial charge in [0.15, 0.2) is 0 Å². The molecule has 0 bridgehead atoms. The van der Waals surface area contributed by atoms with Gasteiger partial charge in [0.1, 0.15) is 5.82 Å². The molecule has 2 N–H and O–H groups in total. The van der Waals surface area contributed by atoms with Crippen molar-refractivity contribution in [3.8, 4) is 0 Å². The first-order valence-electron chi connectivity index (χ1n) is 8.32. The van der Waals surface area contributed by atoms with Gasteiger partial charge in [-0.1, -0.05) is 29.8 Å². The molecule has 25 heavy (non-hydrogen) atoms. The van der Waals surface area contributed by atoms with Crippen molar-refractivity contribution < 1.29 is 14.0 Å². The van der Waals surface area contributed by atoms with Crippen molar-refractivity contribution in [3.05, 3.63) is 65.0 Å². The summed E-state index contributed by atoms with van der Waals surface area (Å²) in [4.78, 5) is 24.2. The average Bonchev–Trinajstić information content (AvgIpc) is 3.37. The molecule has 1 fully saturated rings. The lowest BCUT2D eigenvalue weighted by molar-refractivity contribution is -0.136. The number of benzene rings is 2. The summed E-state index contributed by atoms with van der Waals surface area (Å²) in [5, 5.41) is 5.35. The van der Waals surface area contributed by atoms with E-state index in [2.05, 4.69) is 10.6 Å². The highest BCUT2D eigenvalue weighted by Crippen LogP contribution is 2.47. The molecule has 0 saturated heterocycles. The third-order valence-electron chi connectivity index (χ3n) is 4.73. The first-order valence-corrected chi connectivity index (χ1v) is 8.32. The van der Waals surface area contributed by atoms with Gasteiger partial charge in [0.25, 0.3) is 0 Å². The van der Waals surface area contributed by atoms with Crippen molar-refractivity contribution in [1.29, 1.82) is 0 Å². The molecule has 1 aliphatic rings. The van der Waals surface area contributed by atoms with Crippen LogP contribution in [0.15, 0.2) is 42.5 Å². The SMILES string of the molecule is Cc1ccc(NC(=O)C(=O)NCC2(c3ccc(F)cc3)CC2)c(C)c1. The van der Waals surface area contributed by atoms with Gasteiger partial charge in [-0.25, -0.2) is 4.39 Å². The summed E-state index contributed by atoms with van der Waals surface area (Å²) in [7, 11) is 0. The standard InChI is InChI=1S/C20H21FN2O2/c1-13-3-8-17(14(2)11-13)23-19(25)18(24)22-12-20(9-10-20)15-4-6-16(21)7-5-15/h3-8,11H,9-10,12H2,1-2H3,(H,22,24)(H,23,25). The maximum atomic E-state index is 13.1. The second-order valence-electron chi connectivity index (χ2n) is 6.74. The molecule has 0 heterocycles. The lowest BCUT2D eigenvalue weighted by Crippen LogP contribution is -2.39. The number of hydrogen-bond donors (Lipinski definition) is 2. The number of rotatable bonds is 4. The van der Waals surface area contributed by atoms with Gasteiger partial charge in [-0.15, -0.1) is 0 Å². The van der Waals surface area contributed by atoms with E-state index in [4.69, 9.17) is 0 Å². The van der Waals surface area contributed by atoms with E-state index in [1.165, 1.54) is 12.1 Å². The fraction of sp³-hybridized carbons (Fsp3) is 0.300. The van der Waals surface area contributed by atoms with Crippen molar-refractivity contribution in [3.63, 3.8) is 0 Å². The molecule has 0 unspecified atom stereocenters. The summed E-state index contributed by atoms with van der Waals surface area (Å²) >= 11 is 0. The zero-order valence-corrected chi connectivity index (χ0v) is 14.4. The van der Waals surface area contributed by atoms with Crippen LogP contribution in [0.4, 0.5) is 10.1 Å². The molecular weight excluding hydrogens is 319 g/mol. The second kappa shape index (κ2) is 6.67. The van der Waals surface area contributed by atoms with E-state index in [9.17, 15) is 14.0 Å². The molecule has 0 radical (unpaired) electrons. The number of nitrogens with one attached hydrogen (secondary N) is 2. The molecule has 2 aromatic rings. The Bertz CT molecular complexity index is 811. The summed E-state index contributed by atoms with van der Waals surface area (Å²) in [6, 6.07) is 11.9. The minimum atomic E-state index is -0.679. The molecule has 5 heteroatoms. The van der Waals surface area contributed by atoms with Gasteiger partial charge < -0.3 is 10.6 Å². The van der Waals surface area contributed by atoms with Crippen molar-refractivity contribution >= 4 is 17.5 Å². The Balaban J connectivity index is 1.59. The van der Waals surface area contributed by atoms with Crippen molar-refractivity contribution in [2.75, 3.05) is 11.9 Å². The monoisotopic (exact) mass is 340 g/mol. The van der Waals surface area contributed by atoms with E-state index in [1.54, 1.807) is 18.2 Å². The first-order chi connectivity index (χ1) is 11.9. The fourth-order valence-electron chi connectivity index (χ4n) is 2.98. The van der Waals surface area contributed by atoms with Crippen molar-refractivity contribution in [1.82, 2.24) is 5.32 Å². The predicted molar refractivity (Wildman–Crippen MR) is 94.9 cm³/mol. The highest BCUT2D eigenvalue weighted by Gasteiger charge is 2.44. The van der Waals surface area contributed by atoms with Gasteiger partial charge in [0, 0.05) is 17.6 Å². The molecule has 130 valence electrons. The van der Waals surface area contributed by atoms with Crippen LogP contribution in [-0.2, 0) is 15.0 Å². The maximum Gasteiger partial charge on any atom is 0.313 e. The van der Waals surface area contributed by atoms with Crippen LogP contribution in [0.1, 0.15) is 29.5 Å². The van der Waals surface area contributed by atoms with Gasteiger partial charge in [-0.2, -0.15) is 0 Å². The van der Waals surface area contributed by atoms with E-state index < -0.39 is 11.8 Å². The molecule has 3 rings (SSSR count). The van der Waals surface area contributed by atoms with Gasteiger partial charge >= 0.3 is 11.8 Å². The number of carbonyl (C=O) groups excluding carboxylic acids is 2. The third-order valence-corrected chi connectivity index (χ3v) is 4.73. The van der Waals surface area contributed by atoms with Gasteiger partial charge in [0.05, 0.1) is 0 Å². The summed E-state index contributed by atoms with van der Waals surface area (Å²) < 4.78 is 13.1. The number of amides is 2. The number of aryl methyl sites for hydroxylation is 2. The van der Waals surface area contributed by atoms with E-state index in [1.807, 2.05) is 26.0 Å². The minimum Gasteiger partial charge on any atom is -0.347 e. The van der Waals surface area contributed by atoms with Crippen LogP contribution in [0.5, 0.6) is 0 Å². The topological polar surface area (TPSA) is 58.2 Å². The normalized spacial score (nSPS) is 14.7. The molecule has 0 atom stereocenters. The Morgan fingerprint density at radius 2 is 1.72 bits per heavy atom. The maximum absolute atomic E-state index is 13.1. The van der Waals surface area contributed by atoms with Crippen LogP contribution in [0.2, 0.25) is 0 Å². The molecule has 2 aromatic carbocycles. The molecule has 2 amide bonds. The Hall–Kier alpha value is -2.69. The Kier molecular flexibility index (Phi) is 4.57. The van der Waals surface area contributed by atoms with Gasteiger partial charge in [-0.05, 0) is 56.0 Å². The van der Waals surface area contributed by atoms with Crippen LogP contribution in [0, 0.1) is 19.7 Å². The molecular formula is C20H21FN2O2. The summed E-state index contributed by atoms with van der Waals surface area (Å²) in [5.41, 5.74) is 3.44. The zero-order chi connectivity index (χ0) is 18.0. The van der Waals surface area contributed by atoms with Crippen molar-refractivity contribution in [2.24, 2.45) is 0 Å².